The van der Waals surface area contributed by atoms with Crippen LogP contribution in [0, 0.1) is 11.8 Å². The predicted molar refractivity (Wildman–Crippen MR) is 55.6 cm³/mol. The first-order valence-corrected chi connectivity index (χ1v) is 5.34. The van der Waals surface area contributed by atoms with Crippen LogP contribution >= 0.6 is 0 Å². The summed E-state index contributed by atoms with van der Waals surface area (Å²) in [6, 6.07) is 0. The van der Waals surface area contributed by atoms with E-state index in [1.165, 1.54) is 19.3 Å². The van der Waals surface area contributed by atoms with Crippen molar-refractivity contribution in [2.75, 3.05) is 13.7 Å². The van der Waals surface area contributed by atoms with E-state index < -0.39 is 0 Å². The molecule has 0 saturated heterocycles. The van der Waals surface area contributed by atoms with Crippen LogP contribution in [-0.4, -0.2) is 19.3 Å². The third-order valence-corrected chi connectivity index (χ3v) is 3.55. The average Bonchev–Trinajstić information content (AvgIpc) is 2.03. The molecular weight excluding hydrogens is 162 g/mol. The number of ether oxygens (including phenoxy) is 1. The normalized spacial score (nSPS) is 28.6. The van der Waals surface area contributed by atoms with Crippen LogP contribution in [0.15, 0.2) is 0 Å². The van der Waals surface area contributed by atoms with Crippen molar-refractivity contribution in [2.45, 2.75) is 45.1 Å². The fourth-order valence-electron chi connectivity index (χ4n) is 1.96. The lowest BCUT2D eigenvalue weighted by Gasteiger charge is -2.37. The molecule has 0 aliphatic heterocycles. The molecule has 0 spiro atoms. The predicted octanol–water partition coefficient (Wildman–Crippen LogP) is 2.18. The van der Waals surface area contributed by atoms with Gasteiger partial charge < -0.3 is 10.5 Å². The van der Waals surface area contributed by atoms with Crippen LogP contribution in [0.1, 0.15) is 39.5 Å². The van der Waals surface area contributed by atoms with Crippen molar-refractivity contribution in [1.82, 2.24) is 0 Å². The largest absolute Gasteiger partial charge is 0.379 e. The van der Waals surface area contributed by atoms with Crippen molar-refractivity contribution in [3.05, 3.63) is 0 Å². The molecule has 1 rings (SSSR count). The molecule has 2 N–H and O–H groups in total. The summed E-state index contributed by atoms with van der Waals surface area (Å²) >= 11 is 0. The van der Waals surface area contributed by atoms with E-state index in [0.717, 1.165) is 24.8 Å². The second kappa shape index (κ2) is 4.43. The molecule has 1 saturated carbocycles. The van der Waals surface area contributed by atoms with Crippen molar-refractivity contribution in [3.63, 3.8) is 0 Å². The quantitative estimate of drug-likeness (QED) is 0.712. The number of rotatable bonds is 5. The molecule has 2 nitrogen and oxygen atoms in total. The molecule has 13 heavy (non-hydrogen) atoms. The second-order valence-corrected chi connectivity index (χ2v) is 4.84. The van der Waals surface area contributed by atoms with Gasteiger partial charge in [0.25, 0.3) is 0 Å². The monoisotopic (exact) mass is 185 g/mol. The van der Waals surface area contributed by atoms with Crippen molar-refractivity contribution < 1.29 is 4.74 Å². The first kappa shape index (κ1) is 11.0. The summed E-state index contributed by atoms with van der Waals surface area (Å²) in [5, 5.41) is 0. The van der Waals surface area contributed by atoms with Crippen LogP contribution in [0.5, 0.6) is 0 Å². The molecule has 0 heterocycles. The Labute approximate surface area is 81.8 Å². The van der Waals surface area contributed by atoms with Gasteiger partial charge in [0.05, 0.1) is 5.60 Å². The van der Waals surface area contributed by atoms with E-state index >= 15 is 0 Å². The number of hydrogen-bond donors (Lipinski definition) is 1. The summed E-state index contributed by atoms with van der Waals surface area (Å²) in [6.45, 7) is 5.18. The highest BCUT2D eigenvalue weighted by Gasteiger charge is 2.30. The molecule has 78 valence electrons. The fourth-order valence-corrected chi connectivity index (χ4v) is 1.96. The van der Waals surface area contributed by atoms with Gasteiger partial charge in [0.2, 0.25) is 0 Å². The molecule has 2 atom stereocenters. The van der Waals surface area contributed by atoms with Gasteiger partial charge >= 0.3 is 0 Å². The summed E-state index contributed by atoms with van der Waals surface area (Å²) in [6.07, 6.45) is 5.16. The molecule has 0 aromatic carbocycles. The molecule has 0 bridgehead atoms. The van der Waals surface area contributed by atoms with Crippen molar-refractivity contribution >= 4 is 0 Å². The van der Waals surface area contributed by atoms with E-state index in [-0.39, 0.29) is 5.60 Å². The minimum absolute atomic E-state index is 0.0503. The van der Waals surface area contributed by atoms with Gasteiger partial charge in [-0.2, -0.15) is 0 Å². The smallest absolute Gasteiger partial charge is 0.0622 e. The zero-order valence-electron chi connectivity index (χ0n) is 9.18. The average molecular weight is 185 g/mol. The Bertz CT molecular complexity index is 154. The Balaban J connectivity index is 2.19. The highest BCUT2D eigenvalue weighted by Crippen LogP contribution is 2.38. The second-order valence-electron chi connectivity index (χ2n) is 4.84. The summed E-state index contributed by atoms with van der Waals surface area (Å²) < 4.78 is 5.39. The first-order valence-electron chi connectivity index (χ1n) is 5.34. The van der Waals surface area contributed by atoms with Gasteiger partial charge in [0, 0.05) is 7.11 Å². The molecule has 1 aliphatic rings. The van der Waals surface area contributed by atoms with Gasteiger partial charge in [-0.25, -0.2) is 0 Å². The van der Waals surface area contributed by atoms with E-state index in [4.69, 9.17) is 10.5 Å². The zero-order valence-corrected chi connectivity index (χ0v) is 9.18. The SMILES string of the molecule is COC(C)(C)CCC1CCC1CN. The highest BCUT2D eigenvalue weighted by molar-refractivity contribution is 4.83. The molecule has 0 radical (unpaired) electrons. The van der Waals surface area contributed by atoms with Crippen LogP contribution in [-0.2, 0) is 4.74 Å². The Morgan fingerprint density at radius 2 is 1.92 bits per heavy atom. The van der Waals surface area contributed by atoms with Gasteiger partial charge in [0.15, 0.2) is 0 Å². The summed E-state index contributed by atoms with van der Waals surface area (Å²) in [4.78, 5) is 0. The molecule has 1 fully saturated rings. The standard InChI is InChI=1S/C11H23NO/c1-11(2,13-3)7-6-9-4-5-10(9)8-12/h9-10H,4-8,12H2,1-3H3. The maximum absolute atomic E-state index is 5.66. The highest BCUT2D eigenvalue weighted by atomic mass is 16.5. The van der Waals surface area contributed by atoms with E-state index in [9.17, 15) is 0 Å². The molecular formula is C11H23NO. The fraction of sp³-hybridized carbons (Fsp3) is 1.00. The van der Waals surface area contributed by atoms with Crippen molar-refractivity contribution in [2.24, 2.45) is 17.6 Å². The van der Waals surface area contributed by atoms with E-state index in [1.54, 1.807) is 7.11 Å². The van der Waals surface area contributed by atoms with Gasteiger partial charge in [-0.05, 0) is 57.9 Å². The molecule has 0 amide bonds. The number of hydrogen-bond acceptors (Lipinski definition) is 2. The minimum atomic E-state index is 0.0503. The molecule has 1 aliphatic carbocycles. The lowest BCUT2D eigenvalue weighted by molar-refractivity contribution is 0.00255. The Hall–Kier alpha value is -0.0800. The van der Waals surface area contributed by atoms with Crippen molar-refractivity contribution in [3.8, 4) is 0 Å². The third kappa shape index (κ3) is 2.96. The maximum atomic E-state index is 5.66. The zero-order chi connectivity index (χ0) is 9.90. The van der Waals surface area contributed by atoms with Gasteiger partial charge in [-0.1, -0.05) is 0 Å². The topological polar surface area (TPSA) is 35.2 Å². The summed E-state index contributed by atoms with van der Waals surface area (Å²) in [5.74, 6) is 1.67. The molecule has 0 aromatic heterocycles. The van der Waals surface area contributed by atoms with Crippen LogP contribution in [0.4, 0.5) is 0 Å². The maximum Gasteiger partial charge on any atom is 0.0622 e. The summed E-state index contributed by atoms with van der Waals surface area (Å²) in [5.41, 5.74) is 5.72. The Morgan fingerprint density at radius 3 is 2.31 bits per heavy atom. The lowest BCUT2D eigenvalue weighted by Crippen LogP contribution is -2.34. The van der Waals surface area contributed by atoms with Gasteiger partial charge in [0.1, 0.15) is 0 Å². The Kier molecular flexibility index (Phi) is 3.74. The number of nitrogens with two attached hydrogens (primary N) is 1. The van der Waals surface area contributed by atoms with Crippen LogP contribution < -0.4 is 5.73 Å². The van der Waals surface area contributed by atoms with Crippen molar-refractivity contribution in [1.29, 1.82) is 0 Å². The summed E-state index contributed by atoms with van der Waals surface area (Å²) in [7, 11) is 1.79. The molecule has 2 heteroatoms. The lowest BCUT2D eigenvalue weighted by atomic mass is 9.70. The van der Waals surface area contributed by atoms with Crippen LogP contribution in [0.2, 0.25) is 0 Å². The van der Waals surface area contributed by atoms with Gasteiger partial charge in [-0.3, -0.25) is 0 Å². The molecule has 0 aromatic rings. The first-order chi connectivity index (χ1) is 6.09. The van der Waals surface area contributed by atoms with Crippen LogP contribution in [0.3, 0.4) is 0 Å². The molecule has 2 unspecified atom stereocenters. The Morgan fingerprint density at radius 1 is 1.31 bits per heavy atom. The third-order valence-electron chi connectivity index (χ3n) is 3.55. The van der Waals surface area contributed by atoms with E-state index in [2.05, 4.69) is 13.8 Å². The van der Waals surface area contributed by atoms with E-state index in [0.29, 0.717) is 0 Å². The van der Waals surface area contributed by atoms with Gasteiger partial charge in [-0.15, -0.1) is 0 Å². The minimum Gasteiger partial charge on any atom is -0.379 e. The number of methoxy groups -OCH3 is 1. The van der Waals surface area contributed by atoms with Crippen LogP contribution in [0.25, 0.3) is 0 Å². The van der Waals surface area contributed by atoms with E-state index in [1.807, 2.05) is 0 Å².